The van der Waals surface area contributed by atoms with E-state index in [9.17, 15) is 10.4 Å². The topological polar surface area (TPSA) is 61.8 Å². The summed E-state index contributed by atoms with van der Waals surface area (Å²) in [4.78, 5) is 0. The van der Waals surface area contributed by atoms with Crippen LogP contribution in [0.2, 0.25) is 0 Å². The van der Waals surface area contributed by atoms with Gasteiger partial charge in [0, 0.05) is 12.7 Å². The van der Waals surface area contributed by atoms with Gasteiger partial charge in [0.15, 0.2) is 0 Å². The number of aryl methyl sites for hydroxylation is 1. The summed E-state index contributed by atoms with van der Waals surface area (Å²) in [5.41, 5.74) is 0.241. The van der Waals surface area contributed by atoms with Gasteiger partial charge in [0.05, 0.1) is 17.2 Å². The van der Waals surface area contributed by atoms with Gasteiger partial charge >= 0.3 is 0 Å². The summed E-state index contributed by atoms with van der Waals surface area (Å²) in [6.07, 6.45) is 6.31. The summed E-state index contributed by atoms with van der Waals surface area (Å²) in [7, 11) is 0. The molecule has 102 valence electrons. The predicted octanol–water partition coefficient (Wildman–Crippen LogP) is 2.66. The van der Waals surface area contributed by atoms with Crippen molar-refractivity contribution >= 4 is 0 Å². The quantitative estimate of drug-likeness (QED) is 0.904. The van der Waals surface area contributed by atoms with E-state index < -0.39 is 11.5 Å². The first-order valence-corrected chi connectivity index (χ1v) is 7.32. The first-order valence-electron chi connectivity index (χ1n) is 7.32. The van der Waals surface area contributed by atoms with E-state index >= 15 is 0 Å². The fourth-order valence-corrected chi connectivity index (χ4v) is 4.14. The standard InChI is InChI=1S/C15H21N3O/c1-2-7-18-13(5-6-17-18)14(19)15(10-16)9-11-3-4-12(15)8-11/h5-6,11-12,14,19H,2-4,7-9H2,1H3. The highest BCUT2D eigenvalue weighted by Gasteiger charge is 2.56. The van der Waals surface area contributed by atoms with E-state index in [-0.39, 0.29) is 0 Å². The third-order valence-electron chi connectivity index (χ3n) is 5.06. The fourth-order valence-electron chi connectivity index (χ4n) is 4.14. The largest absolute Gasteiger partial charge is 0.385 e. The molecule has 4 nitrogen and oxygen atoms in total. The number of hydrogen-bond acceptors (Lipinski definition) is 3. The molecule has 4 heteroatoms. The highest BCUT2D eigenvalue weighted by molar-refractivity contribution is 5.21. The maximum Gasteiger partial charge on any atom is 0.114 e. The van der Waals surface area contributed by atoms with Crippen molar-refractivity contribution in [3.8, 4) is 6.07 Å². The van der Waals surface area contributed by atoms with Gasteiger partial charge in [0.1, 0.15) is 6.10 Å². The Hall–Kier alpha value is -1.34. The number of rotatable bonds is 4. The summed E-state index contributed by atoms with van der Waals surface area (Å²) >= 11 is 0. The Kier molecular flexibility index (Phi) is 3.10. The molecule has 4 atom stereocenters. The van der Waals surface area contributed by atoms with Crippen LogP contribution in [0.4, 0.5) is 0 Å². The van der Waals surface area contributed by atoms with Crippen molar-refractivity contribution < 1.29 is 5.11 Å². The second kappa shape index (κ2) is 4.64. The molecule has 2 fully saturated rings. The molecule has 0 aromatic carbocycles. The first kappa shape index (κ1) is 12.7. The van der Waals surface area contributed by atoms with Crippen LogP contribution in [-0.4, -0.2) is 14.9 Å². The molecular weight excluding hydrogens is 238 g/mol. The van der Waals surface area contributed by atoms with Crippen LogP contribution in [0.5, 0.6) is 0 Å². The van der Waals surface area contributed by atoms with E-state index in [0.29, 0.717) is 11.8 Å². The predicted molar refractivity (Wildman–Crippen MR) is 71.0 cm³/mol. The van der Waals surface area contributed by atoms with Crippen molar-refractivity contribution in [2.45, 2.75) is 51.7 Å². The van der Waals surface area contributed by atoms with E-state index in [0.717, 1.165) is 37.9 Å². The zero-order chi connectivity index (χ0) is 13.5. The molecule has 0 amide bonds. The van der Waals surface area contributed by atoms with Crippen LogP contribution in [0.25, 0.3) is 0 Å². The number of nitrogens with zero attached hydrogens (tertiary/aromatic N) is 3. The van der Waals surface area contributed by atoms with Crippen LogP contribution >= 0.6 is 0 Å². The molecule has 19 heavy (non-hydrogen) atoms. The highest BCUT2D eigenvalue weighted by atomic mass is 16.3. The third-order valence-corrected chi connectivity index (χ3v) is 5.06. The average molecular weight is 259 g/mol. The van der Waals surface area contributed by atoms with Crippen LogP contribution in [0.15, 0.2) is 12.3 Å². The molecule has 1 aromatic heterocycles. The average Bonchev–Trinajstić information content (AvgIpc) is 3.13. The second-order valence-electron chi connectivity index (χ2n) is 6.11. The molecule has 0 saturated heterocycles. The smallest absolute Gasteiger partial charge is 0.114 e. The van der Waals surface area contributed by atoms with Crippen LogP contribution in [-0.2, 0) is 6.54 Å². The minimum absolute atomic E-state index is 0.363. The lowest BCUT2D eigenvalue weighted by molar-refractivity contribution is 0.0169. The van der Waals surface area contributed by atoms with Crippen LogP contribution in [0.1, 0.15) is 50.8 Å². The van der Waals surface area contributed by atoms with E-state index in [4.69, 9.17) is 0 Å². The zero-order valence-corrected chi connectivity index (χ0v) is 11.4. The molecule has 2 aliphatic rings. The lowest BCUT2D eigenvalue weighted by atomic mass is 9.69. The maximum absolute atomic E-state index is 10.8. The van der Waals surface area contributed by atoms with Gasteiger partial charge in [0.2, 0.25) is 0 Å². The van der Waals surface area contributed by atoms with Gasteiger partial charge in [-0.3, -0.25) is 4.68 Å². The summed E-state index contributed by atoms with van der Waals surface area (Å²) in [6.45, 7) is 2.89. The van der Waals surface area contributed by atoms with Gasteiger partial charge in [-0.15, -0.1) is 0 Å². The second-order valence-corrected chi connectivity index (χ2v) is 6.11. The zero-order valence-electron chi connectivity index (χ0n) is 11.4. The molecule has 3 rings (SSSR count). The minimum atomic E-state index is -0.693. The van der Waals surface area contributed by atoms with Gasteiger partial charge < -0.3 is 5.11 Å². The number of aliphatic hydroxyl groups is 1. The van der Waals surface area contributed by atoms with Crippen molar-refractivity contribution in [3.63, 3.8) is 0 Å². The van der Waals surface area contributed by atoms with Crippen LogP contribution in [0.3, 0.4) is 0 Å². The molecular formula is C15H21N3O. The number of nitriles is 1. The van der Waals surface area contributed by atoms with Crippen molar-refractivity contribution in [1.82, 2.24) is 9.78 Å². The molecule has 2 aliphatic carbocycles. The van der Waals surface area contributed by atoms with Crippen molar-refractivity contribution in [1.29, 1.82) is 5.26 Å². The molecule has 0 spiro atoms. The van der Waals surface area contributed by atoms with Crippen LogP contribution in [0, 0.1) is 28.6 Å². The van der Waals surface area contributed by atoms with Crippen molar-refractivity contribution in [2.75, 3.05) is 0 Å². The molecule has 0 radical (unpaired) electrons. The number of aromatic nitrogens is 2. The summed E-state index contributed by atoms with van der Waals surface area (Å²) in [6, 6.07) is 4.34. The minimum Gasteiger partial charge on any atom is -0.385 e. The number of fused-ring (bicyclic) bond motifs is 2. The monoisotopic (exact) mass is 259 g/mol. The van der Waals surface area contributed by atoms with Crippen LogP contribution < -0.4 is 0 Å². The van der Waals surface area contributed by atoms with E-state index in [1.54, 1.807) is 6.20 Å². The Morgan fingerprint density at radius 1 is 1.63 bits per heavy atom. The van der Waals surface area contributed by atoms with Gasteiger partial charge in [-0.1, -0.05) is 13.3 Å². The molecule has 0 aliphatic heterocycles. The van der Waals surface area contributed by atoms with Gasteiger partial charge in [0.25, 0.3) is 0 Å². The molecule has 1 heterocycles. The molecule has 1 N–H and O–H groups in total. The molecule has 4 unspecified atom stereocenters. The van der Waals surface area contributed by atoms with Gasteiger partial charge in [-0.2, -0.15) is 10.4 Å². The normalized spacial score (nSPS) is 34.4. The molecule has 2 bridgehead atoms. The summed E-state index contributed by atoms with van der Waals surface area (Å²) < 4.78 is 1.86. The Morgan fingerprint density at radius 3 is 3.05 bits per heavy atom. The lowest BCUT2D eigenvalue weighted by Crippen LogP contribution is -2.34. The Morgan fingerprint density at radius 2 is 2.47 bits per heavy atom. The van der Waals surface area contributed by atoms with Gasteiger partial charge in [-0.25, -0.2) is 0 Å². The van der Waals surface area contributed by atoms with Gasteiger partial charge in [-0.05, 0) is 43.6 Å². The molecule has 1 aromatic rings. The maximum atomic E-state index is 10.8. The lowest BCUT2D eigenvalue weighted by Gasteiger charge is -2.35. The van der Waals surface area contributed by atoms with E-state index in [1.807, 2.05) is 10.7 Å². The van der Waals surface area contributed by atoms with Crippen molar-refractivity contribution in [3.05, 3.63) is 18.0 Å². The van der Waals surface area contributed by atoms with E-state index in [1.165, 1.54) is 6.42 Å². The first-order chi connectivity index (χ1) is 9.21. The van der Waals surface area contributed by atoms with E-state index in [2.05, 4.69) is 18.1 Å². The summed E-state index contributed by atoms with van der Waals surface area (Å²) in [5, 5.41) is 24.8. The SMILES string of the molecule is CCCn1nccc1C(O)C1(C#N)CC2CCC1C2. The third kappa shape index (κ3) is 1.80. The molecule has 2 saturated carbocycles. The highest BCUT2D eigenvalue weighted by Crippen LogP contribution is 2.60. The van der Waals surface area contributed by atoms with Crippen molar-refractivity contribution in [2.24, 2.45) is 17.3 Å². The Bertz CT molecular complexity index is 504. The number of aliphatic hydroxyl groups excluding tert-OH is 1. The summed E-state index contributed by atoms with van der Waals surface area (Å²) in [5.74, 6) is 1.00. The Labute approximate surface area is 114 Å². The fraction of sp³-hybridized carbons (Fsp3) is 0.733. The number of hydrogen-bond donors (Lipinski definition) is 1. The Balaban J connectivity index is 1.92.